The van der Waals surface area contributed by atoms with E-state index in [-0.39, 0.29) is 12.2 Å². The van der Waals surface area contributed by atoms with Crippen molar-refractivity contribution in [1.82, 2.24) is 21.3 Å². The highest BCUT2D eigenvalue weighted by molar-refractivity contribution is 5.68. The van der Waals surface area contributed by atoms with E-state index in [1.54, 1.807) is 0 Å². The standard InChI is InChI=1S/2C11H20N2O2/c2*1-11(2,3)15-10(14)13-6-9-7-4-12-5-8(7)9/h2*7-9,12H,4-6H2,1-3H3,(H,13,14)/t2*7-,8+,9?. The smallest absolute Gasteiger partial charge is 0.407 e. The van der Waals surface area contributed by atoms with Crippen molar-refractivity contribution in [3.8, 4) is 0 Å². The van der Waals surface area contributed by atoms with Crippen LogP contribution in [-0.4, -0.2) is 62.7 Å². The molecule has 0 aromatic heterocycles. The predicted octanol–water partition coefficient (Wildman–Crippen LogP) is 1.95. The second-order valence-corrected chi connectivity index (χ2v) is 11.1. The van der Waals surface area contributed by atoms with E-state index < -0.39 is 11.2 Å². The maximum atomic E-state index is 11.4. The molecule has 0 aromatic carbocycles. The Morgan fingerprint density at radius 1 is 0.700 bits per heavy atom. The van der Waals surface area contributed by atoms with Gasteiger partial charge in [0.1, 0.15) is 11.2 Å². The van der Waals surface area contributed by atoms with Gasteiger partial charge in [-0.15, -0.1) is 0 Å². The summed E-state index contributed by atoms with van der Waals surface area (Å²) in [4.78, 5) is 22.7. The molecule has 2 saturated heterocycles. The van der Waals surface area contributed by atoms with Gasteiger partial charge >= 0.3 is 12.2 Å². The third-order valence-corrected chi connectivity index (χ3v) is 6.30. The van der Waals surface area contributed by atoms with Gasteiger partial charge in [0.25, 0.3) is 0 Å². The van der Waals surface area contributed by atoms with Crippen LogP contribution in [0.5, 0.6) is 0 Å². The number of carbonyl (C=O) groups excluding carboxylic acids is 2. The Kier molecular flexibility index (Phi) is 6.87. The largest absolute Gasteiger partial charge is 0.444 e. The monoisotopic (exact) mass is 424 g/mol. The summed E-state index contributed by atoms with van der Waals surface area (Å²) in [5.41, 5.74) is -0.796. The normalized spacial score (nSPS) is 33.4. The van der Waals surface area contributed by atoms with E-state index in [2.05, 4.69) is 21.3 Å². The Bertz CT molecular complexity index is 554. The number of carbonyl (C=O) groups is 2. The van der Waals surface area contributed by atoms with Gasteiger partial charge in [0.15, 0.2) is 0 Å². The van der Waals surface area contributed by atoms with Gasteiger partial charge in [0, 0.05) is 13.1 Å². The minimum Gasteiger partial charge on any atom is -0.444 e. The fourth-order valence-electron chi connectivity index (χ4n) is 4.73. The van der Waals surface area contributed by atoms with Gasteiger partial charge in [-0.25, -0.2) is 9.59 Å². The summed E-state index contributed by atoms with van der Waals surface area (Å²) < 4.78 is 10.3. The highest BCUT2D eigenvalue weighted by Gasteiger charge is 2.53. The zero-order valence-electron chi connectivity index (χ0n) is 19.3. The SMILES string of the molecule is CC(C)(C)OC(=O)NCC1[C@H]2CNC[C@@H]12.CC(C)(C)OC(=O)NCC1[C@H]2CNC[C@@H]12. The van der Waals surface area contributed by atoms with Crippen molar-refractivity contribution in [2.24, 2.45) is 35.5 Å². The van der Waals surface area contributed by atoms with Gasteiger partial charge in [0.2, 0.25) is 0 Å². The van der Waals surface area contributed by atoms with Crippen LogP contribution in [0.4, 0.5) is 9.59 Å². The number of amides is 2. The molecule has 0 bridgehead atoms. The van der Waals surface area contributed by atoms with Crippen molar-refractivity contribution >= 4 is 12.2 Å². The van der Waals surface area contributed by atoms with Crippen LogP contribution in [0, 0.1) is 35.5 Å². The van der Waals surface area contributed by atoms with Gasteiger partial charge in [0.05, 0.1) is 0 Å². The first kappa shape index (κ1) is 23.1. The molecule has 0 spiro atoms. The molecule has 0 radical (unpaired) electrons. The Morgan fingerprint density at radius 3 is 1.27 bits per heavy atom. The second-order valence-electron chi connectivity index (χ2n) is 11.1. The number of nitrogens with one attached hydrogen (secondary N) is 4. The topological polar surface area (TPSA) is 101 Å². The van der Waals surface area contributed by atoms with Gasteiger partial charge in [-0.05, 0) is 103 Å². The number of rotatable bonds is 4. The first-order valence-electron chi connectivity index (χ1n) is 11.3. The number of alkyl carbamates (subject to hydrolysis) is 2. The minimum absolute atomic E-state index is 0.291. The Hall–Kier alpha value is -1.54. The van der Waals surface area contributed by atoms with Crippen LogP contribution in [0.1, 0.15) is 41.5 Å². The molecule has 4 N–H and O–H groups in total. The Morgan fingerprint density at radius 2 is 1.00 bits per heavy atom. The van der Waals surface area contributed by atoms with Crippen LogP contribution < -0.4 is 21.3 Å². The molecule has 4 fully saturated rings. The third-order valence-electron chi connectivity index (χ3n) is 6.30. The number of hydrogen-bond acceptors (Lipinski definition) is 6. The molecular formula is C22H40N4O4. The molecule has 2 amide bonds. The summed E-state index contributed by atoms with van der Waals surface area (Å²) in [6, 6.07) is 0. The summed E-state index contributed by atoms with van der Waals surface area (Å²) >= 11 is 0. The first-order valence-corrected chi connectivity index (χ1v) is 11.3. The number of fused-ring (bicyclic) bond motifs is 2. The summed E-state index contributed by atoms with van der Waals surface area (Å²) in [6.45, 7) is 17.3. The molecular weight excluding hydrogens is 384 g/mol. The fraction of sp³-hybridized carbons (Fsp3) is 0.909. The third kappa shape index (κ3) is 6.74. The molecule has 2 saturated carbocycles. The average Bonchev–Trinajstić information content (AvgIpc) is 3.22. The van der Waals surface area contributed by atoms with E-state index in [0.717, 1.165) is 62.9 Å². The quantitative estimate of drug-likeness (QED) is 0.550. The minimum atomic E-state index is -0.398. The highest BCUT2D eigenvalue weighted by atomic mass is 16.6. The number of piperidine rings is 2. The molecule has 172 valence electrons. The van der Waals surface area contributed by atoms with Gasteiger partial charge in [-0.1, -0.05) is 0 Å². The number of ether oxygens (including phenoxy) is 2. The lowest BCUT2D eigenvalue weighted by atomic mass is 10.2. The second kappa shape index (κ2) is 8.91. The van der Waals surface area contributed by atoms with E-state index in [0.29, 0.717) is 11.8 Å². The van der Waals surface area contributed by atoms with E-state index >= 15 is 0 Å². The van der Waals surface area contributed by atoms with Gasteiger partial charge < -0.3 is 30.7 Å². The zero-order valence-corrected chi connectivity index (χ0v) is 19.3. The molecule has 8 heteroatoms. The lowest BCUT2D eigenvalue weighted by Gasteiger charge is -2.19. The highest BCUT2D eigenvalue weighted by Crippen LogP contribution is 2.48. The molecule has 30 heavy (non-hydrogen) atoms. The molecule has 0 aromatic rings. The maximum absolute atomic E-state index is 11.4. The molecule has 2 aliphatic heterocycles. The molecule has 6 atom stereocenters. The molecule has 4 rings (SSSR count). The van der Waals surface area contributed by atoms with E-state index in [4.69, 9.17) is 9.47 Å². The van der Waals surface area contributed by atoms with Crippen molar-refractivity contribution in [2.75, 3.05) is 39.3 Å². The van der Waals surface area contributed by atoms with Crippen LogP contribution >= 0.6 is 0 Å². The summed E-state index contributed by atoms with van der Waals surface area (Å²) in [5, 5.41) is 12.3. The van der Waals surface area contributed by atoms with Crippen molar-refractivity contribution < 1.29 is 19.1 Å². The number of hydrogen-bond donors (Lipinski definition) is 4. The van der Waals surface area contributed by atoms with Crippen molar-refractivity contribution in [1.29, 1.82) is 0 Å². The summed E-state index contributed by atoms with van der Waals surface area (Å²) in [5.74, 6) is 4.53. The van der Waals surface area contributed by atoms with Crippen LogP contribution in [0.25, 0.3) is 0 Å². The first-order chi connectivity index (χ1) is 13.9. The van der Waals surface area contributed by atoms with Gasteiger partial charge in [-0.3, -0.25) is 0 Å². The fourth-order valence-corrected chi connectivity index (χ4v) is 4.73. The van der Waals surface area contributed by atoms with Crippen molar-refractivity contribution in [3.63, 3.8) is 0 Å². The van der Waals surface area contributed by atoms with E-state index in [1.807, 2.05) is 41.5 Å². The van der Waals surface area contributed by atoms with Crippen LogP contribution in [0.3, 0.4) is 0 Å². The van der Waals surface area contributed by atoms with Crippen molar-refractivity contribution in [3.05, 3.63) is 0 Å². The average molecular weight is 425 g/mol. The van der Waals surface area contributed by atoms with Crippen LogP contribution in [0.15, 0.2) is 0 Å². The Labute approximate surface area is 180 Å². The van der Waals surface area contributed by atoms with Gasteiger partial charge in [-0.2, -0.15) is 0 Å². The van der Waals surface area contributed by atoms with E-state index in [1.165, 1.54) is 0 Å². The zero-order chi connectivity index (χ0) is 22.1. The van der Waals surface area contributed by atoms with E-state index in [9.17, 15) is 9.59 Å². The van der Waals surface area contributed by atoms with Crippen LogP contribution in [0.2, 0.25) is 0 Å². The van der Waals surface area contributed by atoms with Crippen LogP contribution in [-0.2, 0) is 9.47 Å². The molecule has 4 aliphatic rings. The lowest BCUT2D eigenvalue weighted by molar-refractivity contribution is 0.0512. The predicted molar refractivity (Wildman–Crippen MR) is 115 cm³/mol. The molecule has 2 heterocycles. The summed E-state index contributed by atoms with van der Waals surface area (Å²) in [6.07, 6.45) is -0.583. The lowest BCUT2D eigenvalue weighted by Crippen LogP contribution is -2.34. The van der Waals surface area contributed by atoms with Crippen molar-refractivity contribution in [2.45, 2.75) is 52.7 Å². The molecule has 2 aliphatic carbocycles. The Balaban J connectivity index is 0.000000171. The molecule has 8 nitrogen and oxygen atoms in total. The maximum Gasteiger partial charge on any atom is 0.407 e. The summed E-state index contributed by atoms with van der Waals surface area (Å²) in [7, 11) is 0. The molecule has 2 unspecified atom stereocenters.